The monoisotopic (exact) mass is 624 g/mol. The number of halogens is 2. The Morgan fingerprint density at radius 3 is 2.66 bits per heavy atom. The van der Waals surface area contributed by atoms with E-state index in [-0.39, 0.29) is 12.2 Å². The van der Waals surface area contributed by atoms with E-state index in [1.807, 2.05) is 12.1 Å². The van der Waals surface area contributed by atoms with Crippen LogP contribution in [0.2, 0.25) is 5.02 Å². The fourth-order valence-electron chi connectivity index (χ4n) is 3.96. The maximum Gasteiger partial charge on any atom is 0.338 e. The minimum absolute atomic E-state index is 0.202. The maximum absolute atomic E-state index is 13.7. The normalized spacial score (nSPS) is 15.5. The van der Waals surface area contributed by atoms with Crippen molar-refractivity contribution in [2.24, 2.45) is 4.99 Å². The lowest BCUT2D eigenvalue weighted by Gasteiger charge is -2.25. The number of rotatable bonds is 6. The van der Waals surface area contributed by atoms with Gasteiger partial charge in [0.1, 0.15) is 6.04 Å². The van der Waals surface area contributed by atoms with Crippen molar-refractivity contribution >= 4 is 57.6 Å². The van der Waals surface area contributed by atoms with Gasteiger partial charge < -0.3 is 14.2 Å². The van der Waals surface area contributed by atoms with Crippen LogP contribution in [0.15, 0.2) is 57.5 Å². The van der Waals surface area contributed by atoms with Gasteiger partial charge in [-0.25, -0.2) is 9.79 Å². The number of benzene rings is 2. The summed E-state index contributed by atoms with van der Waals surface area (Å²) >= 11 is 9.94. The molecule has 0 amide bonds. The molecule has 10 heteroatoms. The van der Waals surface area contributed by atoms with Crippen molar-refractivity contribution in [2.45, 2.75) is 19.9 Å². The smallest absolute Gasteiger partial charge is 0.338 e. The highest BCUT2D eigenvalue weighted by Crippen LogP contribution is 2.35. The predicted octanol–water partition coefficient (Wildman–Crippen LogP) is 4.07. The molecule has 0 saturated heterocycles. The van der Waals surface area contributed by atoms with Crippen LogP contribution in [-0.2, 0) is 9.53 Å². The van der Waals surface area contributed by atoms with Crippen molar-refractivity contribution < 1.29 is 19.0 Å². The van der Waals surface area contributed by atoms with E-state index in [9.17, 15) is 9.59 Å². The Hall–Kier alpha value is -2.63. The summed E-state index contributed by atoms with van der Waals surface area (Å²) < 4.78 is 19.0. The summed E-state index contributed by atoms with van der Waals surface area (Å²) in [5, 5.41) is 0.443. The van der Waals surface area contributed by atoms with Gasteiger partial charge >= 0.3 is 5.97 Å². The van der Waals surface area contributed by atoms with Gasteiger partial charge in [-0.05, 0) is 71.8 Å². The molecule has 0 radical (unpaired) electrons. The quantitative estimate of drug-likeness (QED) is 0.305. The van der Waals surface area contributed by atoms with Crippen LogP contribution in [0.4, 0.5) is 0 Å². The lowest BCUT2D eigenvalue weighted by Crippen LogP contribution is -2.40. The number of hydrogen-bond acceptors (Lipinski definition) is 7. The Balaban J connectivity index is 1.96. The third-order valence-corrected chi connectivity index (χ3v) is 7.60. The van der Waals surface area contributed by atoms with E-state index in [2.05, 4.69) is 27.6 Å². The number of allylic oxidation sites excluding steroid dienone is 1. The van der Waals surface area contributed by atoms with Gasteiger partial charge in [0.25, 0.3) is 5.56 Å². The highest BCUT2D eigenvalue weighted by Gasteiger charge is 2.34. The molecule has 0 unspecified atom stereocenters. The average Bonchev–Trinajstić information content (AvgIpc) is 3.12. The topological polar surface area (TPSA) is 79.1 Å². The van der Waals surface area contributed by atoms with Crippen LogP contribution in [0.1, 0.15) is 31.0 Å². The van der Waals surface area contributed by atoms with Crippen LogP contribution in [0, 0.1) is 3.57 Å². The van der Waals surface area contributed by atoms with E-state index in [4.69, 9.17) is 25.8 Å². The second kappa shape index (κ2) is 10.5. The highest BCUT2D eigenvalue weighted by molar-refractivity contribution is 14.1. The summed E-state index contributed by atoms with van der Waals surface area (Å²) in [6.07, 6.45) is 1.78. The number of ether oxygens (including phenoxy) is 3. The molecule has 0 spiro atoms. The molecule has 0 aliphatic carbocycles. The van der Waals surface area contributed by atoms with Gasteiger partial charge in [0.2, 0.25) is 0 Å². The van der Waals surface area contributed by atoms with E-state index in [1.54, 1.807) is 58.4 Å². The van der Waals surface area contributed by atoms with Crippen molar-refractivity contribution in [1.82, 2.24) is 4.57 Å². The largest absolute Gasteiger partial charge is 0.493 e. The molecule has 2 aromatic carbocycles. The number of thiazole rings is 1. The summed E-state index contributed by atoms with van der Waals surface area (Å²) in [6, 6.07) is 10.1. The molecular weight excluding hydrogens is 603 g/mol. The fraction of sp³-hybridized carbons (Fsp3) is 0.240. The van der Waals surface area contributed by atoms with Gasteiger partial charge in [-0.15, -0.1) is 0 Å². The third-order valence-electron chi connectivity index (χ3n) is 5.47. The molecule has 0 N–H and O–H groups in total. The molecule has 0 bridgehead atoms. The fourth-order valence-corrected chi connectivity index (χ4v) is 6.09. The minimum Gasteiger partial charge on any atom is -0.493 e. The number of hydrogen-bond donors (Lipinski definition) is 0. The van der Waals surface area contributed by atoms with Crippen molar-refractivity contribution in [1.29, 1.82) is 0 Å². The van der Waals surface area contributed by atoms with Crippen molar-refractivity contribution in [3.63, 3.8) is 0 Å². The number of methoxy groups -OCH3 is 2. The predicted molar refractivity (Wildman–Crippen MR) is 144 cm³/mol. The Labute approximate surface area is 224 Å². The SMILES string of the molecule is CCOC(=O)C1=C(C)N=c2s/c(=C\c3cc(I)c(OC)c(OC)c3)c(=O)n2[C@H]1c1ccccc1Cl. The Morgan fingerprint density at radius 2 is 2.00 bits per heavy atom. The highest BCUT2D eigenvalue weighted by atomic mass is 127. The Kier molecular flexibility index (Phi) is 7.67. The van der Waals surface area contributed by atoms with E-state index >= 15 is 0 Å². The molecule has 3 aromatic rings. The molecule has 0 fully saturated rings. The Morgan fingerprint density at radius 1 is 1.26 bits per heavy atom. The third kappa shape index (κ3) is 4.76. The zero-order chi connectivity index (χ0) is 25.3. The van der Waals surface area contributed by atoms with Crippen LogP contribution in [0.5, 0.6) is 11.5 Å². The number of aromatic nitrogens is 1. The van der Waals surface area contributed by atoms with Crippen molar-refractivity contribution in [2.75, 3.05) is 20.8 Å². The van der Waals surface area contributed by atoms with Gasteiger partial charge in [-0.1, -0.05) is 41.1 Å². The molecule has 2 heterocycles. The first-order valence-electron chi connectivity index (χ1n) is 10.7. The average molecular weight is 625 g/mol. The molecule has 182 valence electrons. The van der Waals surface area contributed by atoms with Gasteiger partial charge in [-0.2, -0.15) is 0 Å². The molecule has 1 aliphatic heterocycles. The standard InChI is InChI=1S/C25H22ClIN2O5S/c1-5-34-24(31)20-13(2)28-25-29(21(20)15-8-6-7-9-16(15)26)23(30)19(35-25)12-14-10-17(27)22(33-4)18(11-14)32-3/h6-12,21H,5H2,1-4H3/b19-12-/t21-/m0/s1. The summed E-state index contributed by atoms with van der Waals surface area (Å²) in [7, 11) is 3.14. The zero-order valence-electron chi connectivity index (χ0n) is 19.4. The molecule has 4 rings (SSSR count). The summed E-state index contributed by atoms with van der Waals surface area (Å²) in [4.78, 5) is 31.7. The van der Waals surface area contributed by atoms with Crippen LogP contribution in [0.25, 0.3) is 6.08 Å². The van der Waals surface area contributed by atoms with Crippen LogP contribution >= 0.6 is 45.5 Å². The molecule has 1 atom stereocenters. The van der Waals surface area contributed by atoms with E-state index in [1.165, 1.54) is 15.9 Å². The summed E-state index contributed by atoms with van der Waals surface area (Å²) in [6.45, 7) is 3.68. The van der Waals surface area contributed by atoms with Crippen molar-refractivity contribution in [3.05, 3.63) is 87.1 Å². The number of carbonyl (C=O) groups excluding carboxylic acids is 1. The summed E-state index contributed by atoms with van der Waals surface area (Å²) in [5.41, 5.74) is 1.90. The second-order valence-corrected chi connectivity index (χ2v) is 10.1. The van der Waals surface area contributed by atoms with Gasteiger partial charge in [-0.3, -0.25) is 9.36 Å². The van der Waals surface area contributed by atoms with Crippen LogP contribution in [-0.4, -0.2) is 31.4 Å². The molecule has 7 nitrogen and oxygen atoms in total. The van der Waals surface area contributed by atoms with Crippen LogP contribution < -0.4 is 24.4 Å². The summed E-state index contributed by atoms with van der Waals surface area (Å²) in [5.74, 6) is 0.662. The van der Waals surface area contributed by atoms with Crippen LogP contribution in [0.3, 0.4) is 0 Å². The first kappa shape index (κ1) is 25.5. The number of nitrogens with zero attached hydrogens (tertiary/aromatic N) is 2. The van der Waals surface area contributed by atoms with E-state index in [0.717, 1.165) is 9.13 Å². The zero-order valence-corrected chi connectivity index (χ0v) is 23.2. The number of fused-ring (bicyclic) bond motifs is 1. The minimum atomic E-state index is -0.758. The Bertz CT molecular complexity index is 1530. The molecular formula is C25H22ClIN2O5S. The number of carbonyl (C=O) groups is 1. The second-order valence-electron chi connectivity index (χ2n) is 7.56. The van der Waals surface area contributed by atoms with E-state index in [0.29, 0.717) is 42.7 Å². The molecule has 1 aliphatic rings. The first-order chi connectivity index (χ1) is 16.8. The molecule has 1 aromatic heterocycles. The molecule has 35 heavy (non-hydrogen) atoms. The lowest BCUT2D eigenvalue weighted by atomic mass is 9.96. The van der Waals surface area contributed by atoms with E-state index < -0.39 is 12.0 Å². The first-order valence-corrected chi connectivity index (χ1v) is 12.9. The molecule has 0 saturated carbocycles. The maximum atomic E-state index is 13.7. The van der Waals surface area contributed by atoms with Gasteiger partial charge in [0.05, 0.1) is 40.2 Å². The lowest BCUT2D eigenvalue weighted by molar-refractivity contribution is -0.139. The van der Waals surface area contributed by atoms with Gasteiger partial charge in [0, 0.05) is 5.02 Å². The van der Waals surface area contributed by atoms with Crippen molar-refractivity contribution in [3.8, 4) is 11.5 Å². The number of esters is 1. The van der Waals surface area contributed by atoms with Gasteiger partial charge in [0.15, 0.2) is 16.3 Å².